The van der Waals surface area contributed by atoms with E-state index in [2.05, 4.69) is 5.32 Å². The van der Waals surface area contributed by atoms with Crippen molar-refractivity contribution in [2.75, 3.05) is 25.2 Å². The second-order valence-electron chi connectivity index (χ2n) is 6.10. The summed E-state index contributed by atoms with van der Waals surface area (Å²) >= 11 is 0. The van der Waals surface area contributed by atoms with Gasteiger partial charge in [0.2, 0.25) is 6.79 Å². The van der Waals surface area contributed by atoms with E-state index in [4.69, 9.17) is 9.47 Å². The maximum Gasteiger partial charge on any atom is 0.255 e. The minimum absolute atomic E-state index is 0.0280. The van der Waals surface area contributed by atoms with Gasteiger partial charge in [-0.3, -0.25) is 9.59 Å². The van der Waals surface area contributed by atoms with Crippen LogP contribution in [0.1, 0.15) is 33.6 Å². The second-order valence-corrected chi connectivity index (χ2v) is 6.10. The Hall–Kier alpha value is -3.02. The summed E-state index contributed by atoms with van der Waals surface area (Å²) in [5, 5.41) is 2.82. The van der Waals surface area contributed by atoms with E-state index in [0.29, 0.717) is 28.3 Å². The van der Waals surface area contributed by atoms with Crippen molar-refractivity contribution in [2.45, 2.75) is 12.8 Å². The molecule has 25 heavy (non-hydrogen) atoms. The molecule has 1 saturated heterocycles. The molecule has 1 fully saturated rings. The smallest absolute Gasteiger partial charge is 0.255 e. The molecular weight excluding hydrogens is 320 g/mol. The Morgan fingerprint density at radius 2 is 1.56 bits per heavy atom. The normalized spacial score (nSPS) is 15.3. The number of rotatable bonds is 3. The highest BCUT2D eigenvalue weighted by atomic mass is 16.7. The summed E-state index contributed by atoms with van der Waals surface area (Å²) < 4.78 is 10.6. The standard InChI is InChI=1S/C19H18N2O4/c22-18(20-15-7-8-16-17(11-15)25-12-24-16)13-3-5-14(6-4-13)19(23)21-9-1-2-10-21/h3-8,11H,1-2,9-10,12H2,(H,20,22). The zero-order valence-corrected chi connectivity index (χ0v) is 13.7. The van der Waals surface area contributed by atoms with Crippen molar-refractivity contribution in [3.8, 4) is 11.5 Å². The maximum absolute atomic E-state index is 12.4. The van der Waals surface area contributed by atoms with E-state index in [-0.39, 0.29) is 18.6 Å². The molecule has 2 aromatic rings. The van der Waals surface area contributed by atoms with Gasteiger partial charge in [0, 0.05) is 36.0 Å². The molecule has 0 spiro atoms. The van der Waals surface area contributed by atoms with Crippen LogP contribution in [0, 0.1) is 0 Å². The Labute approximate surface area is 145 Å². The number of likely N-dealkylation sites (tertiary alicyclic amines) is 1. The lowest BCUT2D eigenvalue weighted by atomic mass is 10.1. The molecule has 128 valence electrons. The van der Waals surface area contributed by atoms with E-state index < -0.39 is 0 Å². The molecule has 4 rings (SSSR count). The SMILES string of the molecule is O=C(Nc1ccc2c(c1)OCO2)c1ccc(C(=O)N2CCCC2)cc1. The van der Waals surface area contributed by atoms with Crippen LogP contribution >= 0.6 is 0 Å². The molecule has 0 radical (unpaired) electrons. The summed E-state index contributed by atoms with van der Waals surface area (Å²) in [6.07, 6.45) is 2.11. The Morgan fingerprint density at radius 3 is 2.32 bits per heavy atom. The number of benzene rings is 2. The lowest BCUT2D eigenvalue weighted by Gasteiger charge is -2.15. The summed E-state index contributed by atoms with van der Waals surface area (Å²) in [7, 11) is 0. The number of amides is 2. The Bertz CT molecular complexity index is 811. The minimum atomic E-state index is -0.237. The Balaban J connectivity index is 1.44. The average Bonchev–Trinajstić information content (AvgIpc) is 3.32. The van der Waals surface area contributed by atoms with Crippen LogP contribution in [0.3, 0.4) is 0 Å². The molecule has 6 nitrogen and oxygen atoms in total. The summed E-state index contributed by atoms with van der Waals surface area (Å²) in [6, 6.07) is 12.0. The molecule has 2 aromatic carbocycles. The van der Waals surface area contributed by atoms with Gasteiger partial charge in [-0.05, 0) is 49.2 Å². The molecule has 0 atom stereocenters. The van der Waals surface area contributed by atoms with Crippen LogP contribution in [0.2, 0.25) is 0 Å². The largest absolute Gasteiger partial charge is 0.454 e. The van der Waals surface area contributed by atoms with E-state index in [1.165, 1.54) is 0 Å². The lowest BCUT2D eigenvalue weighted by molar-refractivity contribution is 0.0792. The van der Waals surface area contributed by atoms with E-state index in [1.807, 2.05) is 4.90 Å². The van der Waals surface area contributed by atoms with Crippen LogP contribution < -0.4 is 14.8 Å². The fourth-order valence-corrected chi connectivity index (χ4v) is 3.04. The summed E-state index contributed by atoms with van der Waals surface area (Å²) in [5.41, 5.74) is 1.74. The van der Waals surface area contributed by atoms with Crippen molar-refractivity contribution in [3.63, 3.8) is 0 Å². The first kappa shape index (κ1) is 15.5. The number of hydrogen-bond acceptors (Lipinski definition) is 4. The zero-order chi connectivity index (χ0) is 17.2. The van der Waals surface area contributed by atoms with Crippen molar-refractivity contribution in [2.24, 2.45) is 0 Å². The number of carbonyl (C=O) groups excluding carboxylic acids is 2. The first-order valence-corrected chi connectivity index (χ1v) is 8.31. The number of nitrogens with zero attached hydrogens (tertiary/aromatic N) is 1. The third kappa shape index (κ3) is 3.15. The molecule has 2 heterocycles. The fraction of sp³-hybridized carbons (Fsp3) is 0.263. The van der Waals surface area contributed by atoms with E-state index in [9.17, 15) is 9.59 Å². The van der Waals surface area contributed by atoms with Crippen molar-refractivity contribution >= 4 is 17.5 Å². The number of nitrogens with one attached hydrogen (secondary N) is 1. The first-order chi connectivity index (χ1) is 12.2. The van der Waals surface area contributed by atoms with Crippen LogP contribution in [0.25, 0.3) is 0 Å². The average molecular weight is 338 g/mol. The monoisotopic (exact) mass is 338 g/mol. The zero-order valence-electron chi connectivity index (χ0n) is 13.7. The maximum atomic E-state index is 12.4. The quantitative estimate of drug-likeness (QED) is 0.934. The van der Waals surface area contributed by atoms with E-state index in [0.717, 1.165) is 25.9 Å². The first-order valence-electron chi connectivity index (χ1n) is 8.31. The third-order valence-electron chi connectivity index (χ3n) is 4.42. The highest BCUT2D eigenvalue weighted by molar-refractivity contribution is 6.05. The van der Waals surface area contributed by atoms with Crippen molar-refractivity contribution < 1.29 is 19.1 Å². The fourth-order valence-electron chi connectivity index (χ4n) is 3.04. The second kappa shape index (κ2) is 6.47. The van der Waals surface area contributed by atoms with Crippen LogP contribution in [-0.2, 0) is 0 Å². The minimum Gasteiger partial charge on any atom is -0.454 e. The van der Waals surface area contributed by atoms with Gasteiger partial charge < -0.3 is 19.7 Å². The third-order valence-corrected chi connectivity index (χ3v) is 4.42. The molecule has 0 aromatic heterocycles. The van der Waals surface area contributed by atoms with Crippen LogP contribution in [0.4, 0.5) is 5.69 Å². The van der Waals surface area contributed by atoms with Gasteiger partial charge in [-0.2, -0.15) is 0 Å². The van der Waals surface area contributed by atoms with Gasteiger partial charge in [-0.25, -0.2) is 0 Å². The molecule has 2 aliphatic heterocycles. The number of anilines is 1. The van der Waals surface area contributed by atoms with Gasteiger partial charge in [-0.15, -0.1) is 0 Å². The number of carbonyl (C=O) groups is 2. The summed E-state index contributed by atoms with van der Waals surface area (Å²) in [5.74, 6) is 1.08. The number of fused-ring (bicyclic) bond motifs is 1. The number of hydrogen-bond donors (Lipinski definition) is 1. The lowest BCUT2D eigenvalue weighted by Crippen LogP contribution is -2.27. The van der Waals surface area contributed by atoms with Crippen LogP contribution in [0.5, 0.6) is 11.5 Å². The van der Waals surface area contributed by atoms with Crippen molar-refractivity contribution in [3.05, 3.63) is 53.6 Å². The Kier molecular flexibility index (Phi) is 4.01. The summed E-state index contributed by atoms with van der Waals surface area (Å²) in [6.45, 7) is 1.82. The highest BCUT2D eigenvalue weighted by Gasteiger charge is 2.20. The summed E-state index contributed by atoms with van der Waals surface area (Å²) in [4.78, 5) is 26.5. The van der Waals surface area contributed by atoms with Gasteiger partial charge in [-0.1, -0.05) is 0 Å². The molecule has 2 aliphatic rings. The van der Waals surface area contributed by atoms with E-state index >= 15 is 0 Å². The predicted octanol–water partition coefficient (Wildman–Crippen LogP) is 2.90. The van der Waals surface area contributed by atoms with Crippen molar-refractivity contribution in [1.29, 1.82) is 0 Å². The molecule has 2 amide bonds. The molecule has 6 heteroatoms. The van der Waals surface area contributed by atoms with Crippen molar-refractivity contribution in [1.82, 2.24) is 4.90 Å². The van der Waals surface area contributed by atoms with Gasteiger partial charge >= 0.3 is 0 Å². The topological polar surface area (TPSA) is 67.9 Å². The molecule has 0 bridgehead atoms. The molecule has 0 aliphatic carbocycles. The van der Waals surface area contributed by atoms with Gasteiger partial charge in [0.1, 0.15) is 0 Å². The van der Waals surface area contributed by atoms with Crippen LogP contribution in [-0.4, -0.2) is 36.6 Å². The van der Waals surface area contributed by atoms with Gasteiger partial charge in [0.15, 0.2) is 11.5 Å². The molecule has 0 saturated carbocycles. The molecular formula is C19H18N2O4. The van der Waals surface area contributed by atoms with Gasteiger partial charge in [0.05, 0.1) is 0 Å². The molecule has 0 unspecified atom stereocenters. The molecule has 1 N–H and O–H groups in total. The predicted molar refractivity (Wildman–Crippen MR) is 92.1 cm³/mol. The number of ether oxygens (including phenoxy) is 2. The highest BCUT2D eigenvalue weighted by Crippen LogP contribution is 2.34. The van der Waals surface area contributed by atoms with E-state index in [1.54, 1.807) is 42.5 Å². The van der Waals surface area contributed by atoms with Gasteiger partial charge in [0.25, 0.3) is 11.8 Å². The van der Waals surface area contributed by atoms with Crippen LogP contribution in [0.15, 0.2) is 42.5 Å². The Morgan fingerprint density at radius 1 is 0.880 bits per heavy atom.